The molecule has 0 atom stereocenters. The van der Waals surface area contributed by atoms with Crippen LogP contribution in [0.5, 0.6) is 0 Å². The predicted octanol–water partition coefficient (Wildman–Crippen LogP) is 3.92. The van der Waals surface area contributed by atoms with Gasteiger partial charge in [0.05, 0.1) is 0 Å². The van der Waals surface area contributed by atoms with Gasteiger partial charge in [-0.15, -0.1) is 45.2 Å². The highest BCUT2D eigenvalue weighted by Crippen LogP contribution is 2.16. The van der Waals surface area contributed by atoms with Crippen LogP contribution in [0.2, 0.25) is 0 Å². The Morgan fingerprint density at radius 3 is 1.14 bits per heavy atom. The van der Waals surface area contributed by atoms with Crippen molar-refractivity contribution in [1.29, 1.82) is 0 Å². The van der Waals surface area contributed by atoms with Crippen molar-refractivity contribution in [3.05, 3.63) is 109 Å². The average molecular weight is 341 g/mol. The van der Waals surface area contributed by atoms with E-state index in [0.717, 1.165) is 10.2 Å². The molecule has 0 aliphatic heterocycles. The van der Waals surface area contributed by atoms with Crippen LogP contribution < -0.4 is 0 Å². The van der Waals surface area contributed by atoms with Gasteiger partial charge < -0.3 is 0 Å². The first kappa shape index (κ1) is 20.3. The van der Waals surface area contributed by atoms with Crippen LogP contribution in [0.25, 0.3) is 0 Å². The molecule has 0 aromatic rings. The summed E-state index contributed by atoms with van der Waals surface area (Å²) in [6, 6.07) is 0. The van der Waals surface area contributed by atoms with Gasteiger partial charge in [-0.05, 0) is 0 Å². The van der Waals surface area contributed by atoms with Gasteiger partial charge in [0, 0.05) is 16.2 Å². The van der Waals surface area contributed by atoms with Crippen LogP contribution in [0.15, 0.2) is 109 Å². The molecule has 0 spiro atoms. The van der Waals surface area contributed by atoms with Crippen molar-refractivity contribution in [3.8, 4) is 0 Å². The lowest BCUT2D eigenvalue weighted by atomic mass is 10.1. The van der Waals surface area contributed by atoms with Gasteiger partial charge in [0.2, 0.25) is 0 Å². The van der Waals surface area contributed by atoms with Crippen LogP contribution in [0, 0.1) is 5.92 Å². The molecule has 0 rings (SSSR count). The maximum absolute atomic E-state index is 3.93. The van der Waals surface area contributed by atoms with Crippen LogP contribution in [0.4, 0.5) is 0 Å². The number of allylic oxidation sites excluding steroid dienone is 3. The van der Waals surface area contributed by atoms with E-state index in [1.165, 1.54) is 0 Å². The van der Waals surface area contributed by atoms with Gasteiger partial charge in [-0.25, -0.2) is 0 Å². The third-order valence-electron chi connectivity index (χ3n) is 3.75. The molecule has 116 valence electrons. The minimum atomic E-state index is -1.90. The molecule has 0 amide bonds. The predicted molar refractivity (Wildman–Crippen MR) is 114 cm³/mol. The summed E-state index contributed by atoms with van der Waals surface area (Å²) in [6.45, 7) is 23.6. The van der Waals surface area contributed by atoms with E-state index in [1.807, 2.05) is 34.2 Å². The Bertz CT molecular complexity index is 435. The maximum atomic E-state index is 3.93. The van der Waals surface area contributed by atoms with Crippen LogP contribution in [0.1, 0.15) is 0 Å². The average Bonchev–Trinajstić information content (AvgIpc) is 2.58. The van der Waals surface area contributed by atoms with Crippen molar-refractivity contribution in [2.24, 2.45) is 5.92 Å². The maximum Gasteiger partial charge on any atom is 0.148 e. The van der Waals surface area contributed by atoms with Gasteiger partial charge in [0.15, 0.2) is 0 Å². The highest BCUT2D eigenvalue weighted by Gasteiger charge is 2.19. The van der Waals surface area contributed by atoms with Gasteiger partial charge in [-0.1, -0.05) is 63.8 Å². The van der Waals surface area contributed by atoms with Crippen molar-refractivity contribution in [1.82, 2.24) is 0 Å². The lowest BCUT2D eigenvalue weighted by Gasteiger charge is -2.16. The summed E-state index contributed by atoms with van der Waals surface area (Å²) in [6.07, 6.45) is 6.62. The second-order valence-electron chi connectivity index (χ2n) is 5.05. The lowest BCUT2D eigenvalue weighted by molar-refractivity contribution is 1.08. The fourth-order valence-electron chi connectivity index (χ4n) is 1.88. The Kier molecular flexibility index (Phi) is 9.33. The van der Waals surface area contributed by atoms with Crippen molar-refractivity contribution in [2.45, 2.75) is 0 Å². The van der Waals surface area contributed by atoms with E-state index in [9.17, 15) is 0 Å². The molecule has 0 aromatic heterocycles. The van der Waals surface area contributed by atoms with Crippen LogP contribution >= 0.6 is 0 Å². The Hall–Kier alpha value is -1.69. The quantitative estimate of drug-likeness (QED) is 0.500. The molecule has 0 saturated heterocycles. The van der Waals surface area contributed by atoms with E-state index in [-0.39, 0.29) is 5.92 Å². The van der Waals surface area contributed by atoms with Crippen molar-refractivity contribution in [3.63, 3.8) is 0 Å². The first-order valence-corrected chi connectivity index (χ1v) is 13.1. The van der Waals surface area contributed by atoms with E-state index < -0.39 is 16.1 Å². The second-order valence-corrected chi connectivity index (χ2v) is 12.8. The number of rotatable bonds is 11. The molecule has 0 unspecified atom stereocenters. The van der Waals surface area contributed by atoms with Gasteiger partial charge in [-0.2, -0.15) is 0 Å². The second kappa shape index (κ2) is 10.1. The molecule has 0 aliphatic rings. The zero-order valence-electron chi connectivity index (χ0n) is 13.7. The Morgan fingerprint density at radius 1 is 0.591 bits per heavy atom. The molecule has 0 aromatic carbocycles. The van der Waals surface area contributed by atoms with Gasteiger partial charge in [0.25, 0.3) is 0 Å². The van der Waals surface area contributed by atoms with Gasteiger partial charge in [-0.3, -0.25) is 0 Å². The molecule has 0 bridgehead atoms. The van der Waals surface area contributed by atoms with E-state index in [1.54, 1.807) is 0 Å². The fraction of sp³-hybridized carbons (Fsp3) is 0.0526. The van der Waals surface area contributed by atoms with E-state index >= 15 is 0 Å². The van der Waals surface area contributed by atoms with E-state index in [2.05, 4.69) is 74.8 Å². The van der Waals surface area contributed by atoms with Gasteiger partial charge in [0.1, 0.15) is 16.1 Å². The smallest absolute Gasteiger partial charge is 0.108 e. The molecular weight excluding hydrogens is 312 g/mol. The topological polar surface area (TPSA) is 0 Å². The summed E-state index contributed by atoms with van der Waals surface area (Å²) in [5.41, 5.74) is 18.5. The summed E-state index contributed by atoms with van der Waals surface area (Å²) >= 11 is 0. The van der Waals surface area contributed by atoms with Crippen molar-refractivity contribution >= 4 is 26.4 Å². The molecular formula is C19H28Si3. The summed E-state index contributed by atoms with van der Waals surface area (Å²) < 4.78 is 0. The summed E-state index contributed by atoms with van der Waals surface area (Å²) in [4.78, 5) is 0. The third kappa shape index (κ3) is 5.60. The van der Waals surface area contributed by atoms with Crippen LogP contribution in [0.3, 0.4) is 0 Å². The molecule has 0 radical (unpaired) electrons. The fourth-order valence-corrected chi connectivity index (χ4v) is 5.25. The Labute approximate surface area is 141 Å². The van der Waals surface area contributed by atoms with Crippen LogP contribution in [-0.2, 0) is 0 Å². The normalized spacial score (nSPS) is 14.2. The standard InChI is InChI=1S/C19H28Si3/c1-7-21(8-2,9-3)17-14-19(13-16-20)15-18-22(10-4,11-5)12-6/h7-19H,1-6H2,20H3. The molecule has 0 N–H and O–H groups in total. The zero-order valence-corrected chi connectivity index (χ0v) is 17.7. The van der Waals surface area contributed by atoms with Gasteiger partial charge >= 0.3 is 0 Å². The highest BCUT2D eigenvalue weighted by molar-refractivity contribution is 6.97. The van der Waals surface area contributed by atoms with Crippen molar-refractivity contribution in [2.75, 3.05) is 0 Å². The minimum absolute atomic E-state index is 0.246. The largest absolute Gasteiger partial charge is 0.148 e. The monoisotopic (exact) mass is 340 g/mol. The van der Waals surface area contributed by atoms with Crippen LogP contribution in [-0.4, -0.2) is 26.4 Å². The first-order valence-electron chi connectivity index (χ1n) is 7.34. The minimum Gasteiger partial charge on any atom is -0.108 e. The Balaban J connectivity index is 5.50. The molecule has 0 fully saturated rings. The molecule has 0 saturated carbocycles. The van der Waals surface area contributed by atoms with E-state index in [0.29, 0.717) is 0 Å². The Morgan fingerprint density at radius 2 is 0.909 bits per heavy atom. The zero-order chi connectivity index (χ0) is 17.1. The lowest BCUT2D eigenvalue weighted by Crippen LogP contribution is -2.24. The highest BCUT2D eigenvalue weighted by atomic mass is 28.3. The molecule has 22 heavy (non-hydrogen) atoms. The molecule has 0 nitrogen and oxygen atoms in total. The SMILES string of the molecule is C=C[Si](C=C)(C=C)C=CC(C=C[SiH3])C=C[Si](C=C)(C=C)C=C. The summed E-state index contributed by atoms with van der Waals surface area (Å²) in [7, 11) is -2.77. The third-order valence-corrected chi connectivity index (χ3v) is 9.92. The molecule has 3 heteroatoms. The first-order chi connectivity index (χ1) is 10.5. The summed E-state index contributed by atoms with van der Waals surface area (Å²) in [5.74, 6) is 0.246. The van der Waals surface area contributed by atoms with E-state index in [4.69, 9.17) is 0 Å². The molecule has 0 aliphatic carbocycles. The molecule has 0 heterocycles. The summed E-state index contributed by atoms with van der Waals surface area (Å²) in [5, 5.41) is 0. The number of hydrogen-bond acceptors (Lipinski definition) is 0. The number of hydrogen-bond donors (Lipinski definition) is 0. The van der Waals surface area contributed by atoms with Crippen molar-refractivity contribution < 1.29 is 0 Å².